The number of nitrogens with zero attached hydrogens (tertiary/aromatic N) is 1. The molecule has 0 bridgehead atoms. The van der Waals surface area contributed by atoms with E-state index in [0.717, 1.165) is 5.56 Å². The van der Waals surface area contributed by atoms with Crippen LogP contribution in [0.3, 0.4) is 0 Å². The average molecular weight is 282 g/mol. The quantitative estimate of drug-likeness (QED) is 0.939. The number of rotatable bonds is 3. The topological polar surface area (TPSA) is 48.1 Å². The lowest BCUT2D eigenvalue weighted by molar-refractivity contribution is -0.274. The van der Waals surface area contributed by atoms with E-state index in [1.54, 1.807) is 31.5 Å². The van der Waals surface area contributed by atoms with Crippen LogP contribution in [0.25, 0.3) is 0 Å². The van der Waals surface area contributed by atoms with E-state index in [9.17, 15) is 13.2 Å². The van der Waals surface area contributed by atoms with Crippen molar-refractivity contribution in [1.82, 2.24) is 4.98 Å². The third-order valence-electron chi connectivity index (χ3n) is 2.88. The van der Waals surface area contributed by atoms with Crippen LogP contribution < -0.4 is 10.5 Å². The number of para-hydroxylation sites is 1. The molecule has 0 fully saturated rings. The van der Waals surface area contributed by atoms with Crippen LogP contribution in [-0.4, -0.2) is 11.3 Å². The van der Waals surface area contributed by atoms with Crippen molar-refractivity contribution in [3.8, 4) is 5.75 Å². The maximum Gasteiger partial charge on any atom is 0.573 e. The summed E-state index contributed by atoms with van der Waals surface area (Å²) in [5.41, 5.74) is 7.85. The van der Waals surface area contributed by atoms with E-state index in [0.29, 0.717) is 5.56 Å². The van der Waals surface area contributed by atoms with E-state index in [1.807, 2.05) is 0 Å². The number of benzene rings is 1. The summed E-state index contributed by atoms with van der Waals surface area (Å²) >= 11 is 0. The first-order valence-corrected chi connectivity index (χ1v) is 5.89. The van der Waals surface area contributed by atoms with Gasteiger partial charge in [0.2, 0.25) is 0 Å². The normalized spacial score (nSPS) is 13.1. The first-order valence-electron chi connectivity index (χ1n) is 5.89. The molecule has 0 aliphatic carbocycles. The summed E-state index contributed by atoms with van der Waals surface area (Å²) in [5, 5.41) is 0. The molecule has 1 aromatic carbocycles. The Balaban J connectivity index is 2.40. The maximum atomic E-state index is 12.4. The van der Waals surface area contributed by atoms with Gasteiger partial charge >= 0.3 is 6.36 Å². The largest absolute Gasteiger partial charge is 0.573 e. The van der Waals surface area contributed by atoms with Crippen LogP contribution in [-0.2, 0) is 0 Å². The molecule has 1 unspecified atom stereocenters. The first kappa shape index (κ1) is 14.3. The van der Waals surface area contributed by atoms with Crippen LogP contribution in [0, 0.1) is 6.92 Å². The van der Waals surface area contributed by atoms with Gasteiger partial charge in [0.25, 0.3) is 0 Å². The molecule has 0 aliphatic heterocycles. The summed E-state index contributed by atoms with van der Waals surface area (Å²) in [5.74, 6) is -0.288. The van der Waals surface area contributed by atoms with Crippen LogP contribution in [0.15, 0.2) is 42.7 Å². The van der Waals surface area contributed by atoms with E-state index in [4.69, 9.17) is 5.73 Å². The molecule has 1 atom stereocenters. The van der Waals surface area contributed by atoms with Crippen LogP contribution >= 0.6 is 0 Å². The molecule has 0 saturated carbocycles. The van der Waals surface area contributed by atoms with Crippen molar-refractivity contribution in [2.45, 2.75) is 19.3 Å². The van der Waals surface area contributed by atoms with Crippen molar-refractivity contribution >= 4 is 0 Å². The zero-order valence-corrected chi connectivity index (χ0v) is 10.7. The molecule has 0 saturated heterocycles. The molecule has 0 amide bonds. The van der Waals surface area contributed by atoms with E-state index in [-0.39, 0.29) is 11.3 Å². The van der Waals surface area contributed by atoms with Crippen molar-refractivity contribution in [2.75, 3.05) is 0 Å². The first-order chi connectivity index (χ1) is 9.38. The fourth-order valence-corrected chi connectivity index (χ4v) is 1.96. The highest BCUT2D eigenvalue weighted by atomic mass is 19.4. The molecule has 3 nitrogen and oxygen atoms in total. The Labute approximate surface area is 114 Å². The molecule has 2 rings (SSSR count). The summed E-state index contributed by atoms with van der Waals surface area (Å²) in [7, 11) is 0. The van der Waals surface area contributed by atoms with Gasteiger partial charge in [-0.1, -0.05) is 18.2 Å². The molecular formula is C14H13F3N2O. The summed E-state index contributed by atoms with van der Waals surface area (Å²) in [4.78, 5) is 3.94. The molecular weight excluding hydrogens is 269 g/mol. The SMILES string of the molecule is Cc1cnccc1C(N)c1ccccc1OC(F)(F)F. The van der Waals surface area contributed by atoms with Crippen molar-refractivity contribution in [3.63, 3.8) is 0 Å². The Kier molecular flexibility index (Phi) is 3.94. The molecule has 20 heavy (non-hydrogen) atoms. The van der Waals surface area contributed by atoms with Gasteiger partial charge in [-0.3, -0.25) is 4.98 Å². The minimum absolute atomic E-state index is 0.277. The van der Waals surface area contributed by atoms with Gasteiger partial charge in [0.15, 0.2) is 0 Å². The van der Waals surface area contributed by atoms with E-state index in [2.05, 4.69) is 9.72 Å². The van der Waals surface area contributed by atoms with Crippen molar-refractivity contribution in [1.29, 1.82) is 0 Å². The van der Waals surface area contributed by atoms with Gasteiger partial charge in [0.1, 0.15) is 5.75 Å². The highest BCUT2D eigenvalue weighted by Gasteiger charge is 2.32. The molecule has 0 spiro atoms. The van der Waals surface area contributed by atoms with Crippen molar-refractivity contribution in [3.05, 3.63) is 59.4 Å². The Morgan fingerprint density at radius 3 is 2.50 bits per heavy atom. The Morgan fingerprint density at radius 2 is 1.85 bits per heavy atom. The monoisotopic (exact) mass is 282 g/mol. The summed E-state index contributed by atoms with van der Waals surface area (Å²) in [6.07, 6.45) is -1.58. The number of ether oxygens (including phenoxy) is 1. The number of aryl methyl sites for hydroxylation is 1. The molecule has 2 aromatic rings. The third-order valence-corrected chi connectivity index (χ3v) is 2.88. The zero-order valence-electron chi connectivity index (χ0n) is 10.7. The fraction of sp³-hybridized carbons (Fsp3) is 0.214. The Bertz CT molecular complexity index is 599. The standard InChI is InChI=1S/C14H13F3N2O/c1-9-8-19-7-6-10(9)13(18)11-4-2-3-5-12(11)20-14(15,16)17/h2-8,13H,18H2,1H3. The van der Waals surface area contributed by atoms with Gasteiger partial charge < -0.3 is 10.5 Å². The summed E-state index contributed by atoms with van der Waals surface area (Å²) in [6, 6.07) is 6.83. The Hall–Kier alpha value is -2.08. The lowest BCUT2D eigenvalue weighted by atomic mass is 9.96. The third kappa shape index (κ3) is 3.27. The van der Waals surface area contributed by atoms with Gasteiger partial charge in [0.05, 0.1) is 6.04 Å². The van der Waals surface area contributed by atoms with Crippen LogP contribution in [0.4, 0.5) is 13.2 Å². The summed E-state index contributed by atoms with van der Waals surface area (Å²) in [6.45, 7) is 1.80. The predicted octanol–water partition coefficient (Wildman–Crippen LogP) is 3.34. The number of aromatic nitrogens is 1. The van der Waals surface area contributed by atoms with Gasteiger partial charge in [-0.05, 0) is 30.2 Å². The number of nitrogens with two attached hydrogens (primary N) is 1. The second-order valence-electron chi connectivity index (χ2n) is 4.30. The van der Waals surface area contributed by atoms with E-state index in [1.165, 1.54) is 18.2 Å². The molecule has 106 valence electrons. The molecule has 1 heterocycles. The van der Waals surface area contributed by atoms with Gasteiger partial charge in [0, 0.05) is 18.0 Å². The van der Waals surface area contributed by atoms with Crippen LogP contribution in [0.1, 0.15) is 22.7 Å². The van der Waals surface area contributed by atoms with Crippen LogP contribution in [0.5, 0.6) is 5.75 Å². The minimum atomic E-state index is -4.75. The number of halogens is 3. The van der Waals surface area contributed by atoms with Crippen molar-refractivity contribution in [2.24, 2.45) is 5.73 Å². The lowest BCUT2D eigenvalue weighted by Crippen LogP contribution is -2.21. The zero-order chi connectivity index (χ0) is 14.8. The predicted molar refractivity (Wildman–Crippen MR) is 68.1 cm³/mol. The van der Waals surface area contributed by atoms with Crippen LogP contribution in [0.2, 0.25) is 0 Å². The maximum absolute atomic E-state index is 12.4. The molecule has 1 aromatic heterocycles. The number of hydrogen-bond donors (Lipinski definition) is 1. The molecule has 0 radical (unpaired) electrons. The van der Waals surface area contributed by atoms with E-state index < -0.39 is 12.4 Å². The number of pyridine rings is 1. The summed E-state index contributed by atoms with van der Waals surface area (Å²) < 4.78 is 41.2. The average Bonchev–Trinajstić information content (AvgIpc) is 2.37. The highest BCUT2D eigenvalue weighted by Crippen LogP contribution is 2.32. The molecule has 6 heteroatoms. The fourth-order valence-electron chi connectivity index (χ4n) is 1.96. The lowest BCUT2D eigenvalue weighted by Gasteiger charge is -2.19. The van der Waals surface area contributed by atoms with Crippen molar-refractivity contribution < 1.29 is 17.9 Å². The second-order valence-corrected chi connectivity index (χ2v) is 4.30. The molecule has 0 aliphatic rings. The number of alkyl halides is 3. The van der Waals surface area contributed by atoms with Gasteiger partial charge in [-0.2, -0.15) is 0 Å². The minimum Gasteiger partial charge on any atom is -0.405 e. The second kappa shape index (κ2) is 5.50. The van der Waals surface area contributed by atoms with E-state index >= 15 is 0 Å². The van der Waals surface area contributed by atoms with Gasteiger partial charge in [-0.15, -0.1) is 13.2 Å². The number of hydrogen-bond acceptors (Lipinski definition) is 3. The van der Waals surface area contributed by atoms with Gasteiger partial charge in [-0.25, -0.2) is 0 Å². The highest BCUT2D eigenvalue weighted by molar-refractivity contribution is 5.42. The molecule has 2 N–H and O–H groups in total. The Morgan fingerprint density at radius 1 is 1.15 bits per heavy atom. The smallest absolute Gasteiger partial charge is 0.405 e.